The molecule has 0 bridgehead atoms. The molecule has 6 N–H and O–H groups in total. The minimum Gasteiger partial charge on any atom is -0.347 e. The maximum absolute atomic E-state index is 14.9. The van der Waals surface area contributed by atoms with Crippen LogP contribution in [0.1, 0.15) is 117 Å². The third-order valence-corrected chi connectivity index (χ3v) is 15.3. The van der Waals surface area contributed by atoms with Gasteiger partial charge in [0.2, 0.25) is 35.4 Å². The maximum atomic E-state index is 14.9. The lowest BCUT2D eigenvalue weighted by molar-refractivity contribution is -0.141. The summed E-state index contributed by atoms with van der Waals surface area (Å²) < 4.78 is 3.47. The van der Waals surface area contributed by atoms with Crippen LogP contribution in [0.15, 0.2) is 48.5 Å². The van der Waals surface area contributed by atoms with E-state index in [0.29, 0.717) is 81.1 Å². The molecule has 73 heavy (non-hydrogen) atoms. The number of likely N-dealkylation sites (tertiary alicyclic amines) is 2. The number of rotatable bonds is 16. The SMILES string of the molecule is CN[C@@H](C)C(=O)N[C@@H](Cc1nnn2c1-c1c(C[C@H](NC(=O)[C@H](C)NC)C(=O)N3CCC[C@H]3C(=O)N[C@@H]3CCCc4ccccc43)nnn1CCC2)C(=O)N1CCCC1C(=O)N[C@@H]1CCCc2ccccc21.Cl.Cl. The topological polar surface area (TPSA) is 242 Å². The summed E-state index contributed by atoms with van der Waals surface area (Å²) in [5, 5.41) is 36.7. The molecule has 2 aromatic carbocycles. The average molecular weight is 1050 g/mol. The highest BCUT2D eigenvalue weighted by Gasteiger charge is 2.43. The first-order chi connectivity index (χ1) is 34.4. The molecule has 0 saturated carbocycles. The Kier molecular flexibility index (Phi) is 18.3. The van der Waals surface area contributed by atoms with Crippen LogP contribution in [0.4, 0.5) is 0 Å². The van der Waals surface area contributed by atoms with Crippen LogP contribution in [0, 0.1) is 0 Å². The third-order valence-electron chi connectivity index (χ3n) is 15.3. The Hall–Kier alpha value is -5.96. The van der Waals surface area contributed by atoms with Crippen LogP contribution in [-0.4, -0.2) is 139 Å². The Morgan fingerprint density at radius 2 is 0.973 bits per heavy atom. The van der Waals surface area contributed by atoms with Gasteiger partial charge in [-0.25, -0.2) is 9.36 Å². The van der Waals surface area contributed by atoms with E-state index in [-0.39, 0.29) is 61.6 Å². The van der Waals surface area contributed by atoms with Crippen molar-refractivity contribution in [2.24, 2.45) is 0 Å². The number of hydrogen-bond donors (Lipinski definition) is 6. The first-order valence-corrected chi connectivity index (χ1v) is 25.6. The van der Waals surface area contributed by atoms with Gasteiger partial charge in [-0.3, -0.25) is 28.8 Å². The fourth-order valence-corrected chi connectivity index (χ4v) is 11.2. The Bertz CT molecular complexity index is 2470. The summed E-state index contributed by atoms with van der Waals surface area (Å²) in [6, 6.07) is 11.0. The van der Waals surface area contributed by atoms with Gasteiger partial charge in [0, 0.05) is 39.0 Å². The van der Waals surface area contributed by atoms with Gasteiger partial charge in [-0.15, -0.1) is 35.0 Å². The van der Waals surface area contributed by atoms with Crippen LogP contribution >= 0.6 is 24.8 Å². The molecule has 394 valence electrons. The fraction of sp³-hybridized carbons (Fsp3) is 0.569. The largest absolute Gasteiger partial charge is 0.347 e. The van der Waals surface area contributed by atoms with Crippen molar-refractivity contribution in [3.63, 3.8) is 0 Å². The van der Waals surface area contributed by atoms with Gasteiger partial charge in [0.05, 0.1) is 35.6 Å². The summed E-state index contributed by atoms with van der Waals surface area (Å²) >= 11 is 0. The molecule has 6 amide bonds. The summed E-state index contributed by atoms with van der Waals surface area (Å²) in [4.78, 5) is 88.5. The van der Waals surface area contributed by atoms with Crippen LogP contribution in [0.25, 0.3) is 11.4 Å². The number of carbonyl (C=O) groups is 6. The molecule has 2 fully saturated rings. The average Bonchev–Trinajstić information content (AvgIpc) is 4.22. The van der Waals surface area contributed by atoms with Gasteiger partial charge >= 0.3 is 0 Å². The molecule has 3 aliphatic heterocycles. The number of aromatic nitrogens is 6. The predicted molar refractivity (Wildman–Crippen MR) is 276 cm³/mol. The molecule has 1 unspecified atom stereocenters. The van der Waals surface area contributed by atoms with E-state index in [4.69, 9.17) is 0 Å². The molecular weight excluding hydrogens is 976 g/mol. The Labute approximate surface area is 438 Å². The number of nitrogens with one attached hydrogen (secondary N) is 6. The van der Waals surface area contributed by atoms with Crippen molar-refractivity contribution >= 4 is 60.3 Å². The number of aryl methyl sites for hydroxylation is 4. The van der Waals surface area contributed by atoms with Crippen molar-refractivity contribution in [1.82, 2.24) is 71.7 Å². The van der Waals surface area contributed by atoms with Gasteiger partial charge in [-0.05, 0) is 121 Å². The summed E-state index contributed by atoms with van der Waals surface area (Å²) in [6.07, 6.45) is 8.09. The summed E-state index contributed by atoms with van der Waals surface area (Å²) in [5.41, 5.74) is 6.47. The predicted octanol–water partition coefficient (Wildman–Crippen LogP) is 2.42. The molecule has 2 aliphatic carbocycles. The first-order valence-electron chi connectivity index (χ1n) is 25.6. The van der Waals surface area contributed by atoms with E-state index in [1.165, 1.54) is 11.1 Å². The van der Waals surface area contributed by atoms with Gasteiger partial charge in [-0.1, -0.05) is 59.0 Å². The van der Waals surface area contributed by atoms with E-state index in [1.54, 1.807) is 47.1 Å². The Balaban J connectivity index is 0.00000390. The fourth-order valence-electron chi connectivity index (χ4n) is 11.2. The minimum atomic E-state index is -1.13. The first kappa shape index (κ1) is 54.8. The number of benzene rings is 2. The molecule has 0 spiro atoms. The number of likely N-dealkylation sites (N-methyl/N-ethyl adjacent to an activating group) is 2. The molecule has 2 saturated heterocycles. The van der Waals surface area contributed by atoms with E-state index < -0.39 is 59.9 Å². The number of fused-ring (bicyclic) bond motifs is 5. The van der Waals surface area contributed by atoms with Crippen LogP contribution in [0.3, 0.4) is 0 Å². The van der Waals surface area contributed by atoms with E-state index in [0.717, 1.165) is 49.7 Å². The monoisotopic (exact) mass is 1040 g/mol. The van der Waals surface area contributed by atoms with E-state index in [9.17, 15) is 28.8 Å². The zero-order valence-corrected chi connectivity index (χ0v) is 43.7. The van der Waals surface area contributed by atoms with Crippen molar-refractivity contribution in [2.45, 2.75) is 159 Å². The van der Waals surface area contributed by atoms with E-state index in [1.807, 2.05) is 24.3 Å². The second-order valence-electron chi connectivity index (χ2n) is 19.8. The van der Waals surface area contributed by atoms with E-state index in [2.05, 4.69) is 76.8 Å². The molecule has 8 atom stereocenters. The van der Waals surface area contributed by atoms with Crippen molar-refractivity contribution in [1.29, 1.82) is 0 Å². The Morgan fingerprint density at radius 3 is 1.38 bits per heavy atom. The van der Waals surface area contributed by atoms with Crippen molar-refractivity contribution < 1.29 is 28.8 Å². The molecule has 2 aromatic heterocycles. The minimum absolute atomic E-state index is 0. The molecule has 5 aliphatic rings. The normalized spacial score (nSPS) is 21.5. The molecule has 0 radical (unpaired) electrons. The number of hydrogen-bond acceptors (Lipinski definition) is 12. The quantitative estimate of drug-likeness (QED) is 0.0949. The van der Waals surface area contributed by atoms with Crippen LogP contribution in [-0.2, 0) is 67.5 Å². The number of halogens is 2. The van der Waals surface area contributed by atoms with E-state index >= 15 is 0 Å². The zero-order chi connectivity index (χ0) is 49.8. The molecular formula is C51H70Cl2N14O6. The van der Waals surface area contributed by atoms with Crippen LogP contribution < -0.4 is 31.9 Å². The highest BCUT2D eigenvalue weighted by Crippen LogP contribution is 2.34. The van der Waals surface area contributed by atoms with Crippen LogP contribution in [0.2, 0.25) is 0 Å². The number of nitrogens with zero attached hydrogens (tertiary/aromatic N) is 8. The van der Waals surface area contributed by atoms with Gasteiger partial charge in [-0.2, -0.15) is 0 Å². The molecule has 4 aromatic rings. The van der Waals surface area contributed by atoms with Gasteiger partial charge in [0.1, 0.15) is 35.6 Å². The lowest BCUT2D eigenvalue weighted by atomic mass is 9.87. The van der Waals surface area contributed by atoms with Gasteiger partial charge in [0.25, 0.3) is 0 Å². The molecule has 9 rings (SSSR count). The molecule has 5 heterocycles. The van der Waals surface area contributed by atoms with Crippen molar-refractivity contribution in [3.05, 3.63) is 82.2 Å². The van der Waals surface area contributed by atoms with Gasteiger partial charge in [0.15, 0.2) is 0 Å². The number of carbonyl (C=O) groups excluding carboxylic acids is 6. The van der Waals surface area contributed by atoms with Crippen molar-refractivity contribution in [2.75, 3.05) is 27.2 Å². The smallest absolute Gasteiger partial charge is 0.246 e. The zero-order valence-electron chi connectivity index (χ0n) is 42.1. The summed E-state index contributed by atoms with van der Waals surface area (Å²) in [6.45, 7) is 5.00. The van der Waals surface area contributed by atoms with Gasteiger partial charge < -0.3 is 41.7 Å². The van der Waals surface area contributed by atoms with Crippen molar-refractivity contribution in [3.8, 4) is 11.4 Å². The lowest BCUT2D eigenvalue weighted by Crippen LogP contribution is -2.56. The second kappa shape index (κ2) is 24.4. The molecule has 22 heteroatoms. The maximum Gasteiger partial charge on any atom is 0.246 e. The van der Waals surface area contributed by atoms with Crippen LogP contribution in [0.5, 0.6) is 0 Å². The number of amides is 6. The third kappa shape index (κ3) is 11.7. The highest BCUT2D eigenvalue weighted by atomic mass is 35.5. The summed E-state index contributed by atoms with van der Waals surface area (Å²) in [7, 11) is 3.32. The standard InChI is InChI=1S/C51H68N14O6.2ClH/c1-30(52-3)46(66)56-40(50(70)62-24-11-22-42(62)48(68)54-36-20-9-16-32-14-5-7-18-34(32)36)28-38-44-45-39(59-61-65(45)27-13-26-64(44)60-58-38)29-41(57-47(67)31(2)53-4)51(71)63-25-12-23-43(63)49(69)55-37-21-10-17-33-15-6-8-19-35(33)37;;/h5-8,14-15,18-19,30-31,36-37,40-43,52-53H,9-13,16-17,20-29H2,1-4H3,(H,54,68)(H,55,69)(H,56,66)(H,57,67);2*1H/t30-,31-,36+,37+,40-,41-,42-,43?;;/m0../s1. The lowest BCUT2D eigenvalue weighted by Gasteiger charge is -2.32. The highest BCUT2D eigenvalue weighted by molar-refractivity contribution is 5.95. The summed E-state index contributed by atoms with van der Waals surface area (Å²) in [5.74, 6) is -2.06. The second-order valence-corrected chi connectivity index (χ2v) is 19.8. The Morgan fingerprint density at radius 1 is 0.562 bits per heavy atom. The molecule has 20 nitrogen and oxygen atoms in total.